The van der Waals surface area contributed by atoms with Gasteiger partial charge >= 0.3 is 0 Å². The maximum atomic E-state index is 12.2. The van der Waals surface area contributed by atoms with Gasteiger partial charge in [-0.05, 0) is 37.6 Å². The van der Waals surface area contributed by atoms with Gasteiger partial charge in [-0.1, -0.05) is 30.3 Å². The third kappa shape index (κ3) is 3.70. The lowest BCUT2D eigenvalue weighted by Gasteiger charge is -2.32. The predicted octanol–water partition coefficient (Wildman–Crippen LogP) is 2.43. The number of carbonyl (C=O) groups excluding carboxylic acids is 1. The van der Waals surface area contributed by atoms with Crippen LogP contribution in [0.15, 0.2) is 30.3 Å². The van der Waals surface area contributed by atoms with E-state index in [4.69, 9.17) is 0 Å². The summed E-state index contributed by atoms with van der Waals surface area (Å²) in [6.07, 6.45) is 2.61. The number of carbonyl (C=O) groups is 1. The Bertz CT molecular complexity index is 482. The molecule has 3 nitrogen and oxygen atoms in total. The number of benzene rings is 1. The molecule has 0 saturated carbocycles. The molecule has 20 heavy (non-hydrogen) atoms. The van der Waals surface area contributed by atoms with E-state index in [9.17, 15) is 4.79 Å². The minimum Gasteiger partial charge on any atom is -0.340 e. The summed E-state index contributed by atoms with van der Waals surface area (Å²) in [4.78, 5) is 16.5. The average molecular weight is 272 g/mol. The van der Waals surface area contributed by atoms with E-state index >= 15 is 0 Å². The lowest BCUT2D eigenvalue weighted by molar-refractivity contribution is -0.132. The first-order valence-corrected chi connectivity index (χ1v) is 7.28. The van der Waals surface area contributed by atoms with Gasteiger partial charge in [-0.3, -0.25) is 4.79 Å². The maximum Gasteiger partial charge on any atom is 0.227 e. The Labute approximate surface area is 121 Å². The standard InChI is InChI=1S/C17H24N2O/c1-4-14(2)16-7-5-15(6-8-16)13-17(20)19-11-9-18(3)10-12-19/h4-8H,9-13H2,1-3H3/b14-4-. The highest BCUT2D eigenvalue weighted by Crippen LogP contribution is 2.15. The molecule has 0 atom stereocenters. The average Bonchev–Trinajstić information content (AvgIpc) is 2.48. The molecular weight excluding hydrogens is 248 g/mol. The van der Waals surface area contributed by atoms with Gasteiger partial charge in [0.15, 0.2) is 0 Å². The van der Waals surface area contributed by atoms with E-state index in [0.717, 1.165) is 31.7 Å². The van der Waals surface area contributed by atoms with Gasteiger partial charge in [0.2, 0.25) is 5.91 Å². The minimum absolute atomic E-state index is 0.244. The normalized spacial score (nSPS) is 17.4. The number of amides is 1. The van der Waals surface area contributed by atoms with E-state index in [2.05, 4.69) is 49.2 Å². The quantitative estimate of drug-likeness (QED) is 0.843. The molecule has 0 aromatic heterocycles. The fraction of sp³-hybridized carbons (Fsp3) is 0.471. The molecular formula is C17H24N2O. The Morgan fingerprint density at radius 3 is 2.30 bits per heavy atom. The molecule has 1 aromatic carbocycles. The first kappa shape index (κ1) is 14.8. The van der Waals surface area contributed by atoms with Gasteiger partial charge in [0.05, 0.1) is 6.42 Å². The summed E-state index contributed by atoms with van der Waals surface area (Å²) in [5.74, 6) is 0.244. The van der Waals surface area contributed by atoms with Crippen molar-refractivity contribution in [2.24, 2.45) is 0 Å². The molecule has 108 valence electrons. The van der Waals surface area contributed by atoms with Crippen molar-refractivity contribution in [3.8, 4) is 0 Å². The van der Waals surface area contributed by atoms with Crippen LogP contribution in [-0.4, -0.2) is 48.9 Å². The van der Waals surface area contributed by atoms with Crippen LogP contribution in [-0.2, 0) is 11.2 Å². The van der Waals surface area contributed by atoms with Crippen LogP contribution < -0.4 is 0 Å². The number of nitrogens with zero attached hydrogens (tertiary/aromatic N) is 2. The number of rotatable bonds is 3. The van der Waals surface area contributed by atoms with Gasteiger partial charge in [0, 0.05) is 26.2 Å². The van der Waals surface area contributed by atoms with Crippen molar-refractivity contribution in [2.45, 2.75) is 20.3 Å². The van der Waals surface area contributed by atoms with Crippen LogP contribution in [0.3, 0.4) is 0 Å². The summed E-state index contributed by atoms with van der Waals surface area (Å²) >= 11 is 0. The summed E-state index contributed by atoms with van der Waals surface area (Å²) in [7, 11) is 2.10. The molecule has 1 heterocycles. The van der Waals surface area contributed by atoms with Crippen LogP contribution in [0.4, 0.5) is 0 Å². The number of allylic oxidation sites excluding steroid dienone is 2. The zero-order valence-corrected chi connectivity index (χ0v) is 12.7. The van der Waals surface area contributed by atoms with Crippen LogP contribution in [0.5, 0.6) is 0 Å². The second-order valence-electron chi connectivity index (χ2n) is 5.53. The van der Waals surface area contributed by atoms with Crippen LogP contribution >= 0.6 is 0 Å². The number of likely N-dealkylation sites (N-methyl/N-ethyl adjacent to an activating group) is 1. The van der Waals surface area contributed by atoms with E-state index in [1.807, 2.05) is 11.8 Å². The predicted molar refractivity (Wildman–Crippen MR) is 83.5 cm³/mol. The van der Waals surface area contributed by atoms with Gasteiger partial charge in [0.25, 0.3) is 0 Å². The lowest BCUT2D eigenvalue weighted by atomic mass is 10.0. The summed E-state index contributed by atoms with van der Waals surface area (Å²) in [5, 5.41) is 0. The number of hydrogen-bond acceptors (Lipinski definition) is 2. The van der Waals surface area contributed by atoms with Crippen LogP contribution in [0.2, 0.25) is 0 Å². The Morgan fingerprint density at radius 2 is 1.75 bits per heavy atom. The van der Waals surface area contributed by atoms with Crippen molar-refractivity contribution >= 4 is 11.5 Å². The van der Waals surface area contributed by atoms with Crippen molar-refractivity contribution in [3.05, 3.63) is 41.5 Å². The second kappa shape index (κ2) is 6.71. The van der Waals surface area contributed by atoms with Gasteiger partial charge in [-0.25, -0.2) is 0 Å². The Balaban J connectivity index is 1.94. The van der Waals surface area contributed by atoms with Crippen molar-refractivity contribution in [2.75, 3.05) is 33.2 Å². The Kier molecular flexibility index (Phi) is 4.96. The highest BCUT2D eigenvalue weighted by Gasteiger charge is 2.18. The fourth-order valence-electron chi connectivity index (χ4n) is 2.39. The molecule has 1 aliphatic rings. The second-order valence-corrected chi connectivity index (χ2v) is 5.53. The molecule has 0 bridgehead atoms. The van der Waals surface area contributed by atoms with E-state index < -0.39 is 0 Å². The van der Waals surface area contributed by atoms with Crippen molar-refractivity contribution < 1.29 is 4.79 Å². The SMILES string of the molecule is C/C=C(/C)c1ccc(CC(=O)N2CCN(C)CC2)cc1. The molecule has 1 fully saturated rings. The Morgan fingerprint density at radius 1 is 1.15 bits per heavy atom. The summed E-state index contributed by atoms with van der Waals surface area (Å²) in [5.41, 5.74) is 3.59. The molecule has 0 radical (unpaired) electrons. The molecule has 1 aromatic rings. The molecule has 0 aliphatic carbocycles. The summed E-state index contributed by atoms with van der Waals surface area (Å²) < 4.78 is 0. The Hall–Kier alpha value is -1.61. The van der Waals surface area contributed by atoms with Crippen molar-refractivity contribution in [1.82, 2.24) is 9.80 Å². The highest BCUT2D eigenvalue weighted by molar-refractivity contribution is 5.79. The molecule has 0 spiro atoms. The van der Waals surface area contributed by atoms with Crippen molar-refractivity contribution in [1.29, 1.82) is 0 Å². The highest BCUT2D eigenvalue weighted by atomic mass is 16.2. The third-order valence-corrected chi connectivity index (χ3v) is 4.05. The van der Waals surface area contributed by atoms with Crippen molar-refractivity contribution in [3.63, 3.8) is 0 Å². The van der Waals surface area contributed by atoms with Crippen LogP contribution in [0, 0.1) is 0 Å². The van der Waals surface area contributed by atoms with E-state index in [1.165, 1.54) is 11.1 Å². The molecule has 1 amide bonds. The lowest BCUT2D eigenvalue weighted by Crippen LogP contribution is -2.47. The molecule has 2 rings (SSSR count). The zero-order valence-electron chi connectivity index (χ0n) is 12.7. The summed E-state index contributed by atoms with van der Waals surface area (Å²) in [6.45, 7) is 7.80. The summed E-state index contributed by atoms with van der Waals surface area (Å²) in [6, 6.07) is 8.33. The molecule has 0 N–H and O–H groups in total. The smallest absolute Gasteiger partial charge is 0.227 e. The van der Waals surface area contributed by atoms with Gasteiger partial charge in [0.1, 0.15) is 0 Å². The largest absolute Gasteiger partial charge is 0.340 e. The maximum absolute atomic E-state index is 12.2. The van der Waals surface area contributed by atoms with E-state index in [1.54, 1.807) is 0 Å². The van der Waals surface area contributed by atoms with Crippen LogP contribution in [0.25, 0.3) is 5.57 Å². The fourth-order valence-corrected chi connectivity index (χ4v) is 2.39. The third-order valence-electron chi connectivity index (χ3n) is 4.05. The molecule has 0 unspecified atom stereocenters. The molecule has 1 saturated heterocycles. The monoisotopic (exact) mass is 272 g/mol. The van der Waals surface area contributed by atoms with Crippen LogP contribution in [0.1, 0.15) is 25.0 Å². The minimum atomic E-state index is 0.244. The van der Waals surface area contributed by atoms with Gasteiger partial charge < -0.3 is 9.80 Å². The first-order valence-electron chi connectivity index (χ1n) is 7.28. The van der Waals surface area contributed by atoms with Gasteiger partial charge in [-0.2, -0.15) is 0 Å². The molecule has 1 aliphatic heterocycles. The first-order chi connectivity index (χ1) is 9.60. The number of piperazine rings is 1. The number of hydrogen-bond donors (Lipinski definition) is 0. The zero-order chi connectivity index (χ0) is 14.5. The van der Waals surface area contributed by atoms with E-state index in [-0.39, 0.29) is 5.91 Å². The van der Waals surface area contributed by atoms with Gasteiger partial charge in [-0.15, -0.1) is 0 Å². The molecule has 3 heteroatoms. The van der Waals surface area contributed by atoms with E-state index in [0.29, 0.717) is 6.42 Å². The topological polar surface area (TPSA) is 23.6 Å².